The Bertz CT molecular complexity index is 558. The van der Waals surface area contributed by atoms with Gasteiger partial charge in [0.1, 0.15) is 12.4 Å². The van der Waals surface area contributed by atoms with Gasteiger partial charge in [0.05, 0.1) is 10.0 Å². The van der Waals surface area contributed by atoms with E-state index in [2.05, 4.69) is 0 Å². The Balaban J connectivity index is 2.00. The van der Waals surface area contributed by atoms with Crippen LogP contribution in [0.4, 0.5) is 0 Å². The van der Waals surface area contributed by atoms with Gasteiger partial charge in [-0.2, -0.15) is 0 Å². The molecule has 0 atom stereocenters. The summed E-state index contributed by atoms with van der Waals surface area (Å²) in [5.74, 6) is 0.626. The number of hydrogen-bond acceptors (Lipinski definition) is 3. The quantitative estimate of drug-likeness (QED) is 0.851. The summed E-state index contributed by atoms with van der Waals surface area (Å²) < 4.78 is 5.56. The van der Waals surface area contributed by atoms with E-state index in [1.54, 1.807) is 42.5 Å². The zero-order valence-electron chi connectivity index (χ0n) is 9.88. The van der Waals surface area contributed by atoms with Gasteiger partial charge >= 0.3 is 7.12 Å². The van der Waals surface area contributed by atoms with Gasteiger partial charge in [-0.15, -0.1) is 0 Å². The van der Waals surface area contributed by atoms with Crippen LogP contribution in [-0.2, 0) is 6.61 Å². The highest BCUT2D eigenvalue weighted by Crippen LogP contribution is 2.26. The van der Waals surface area contributed by atoms with Crippen molar-refractivity contribution < 1.29 is 14.8 Å². The monoisotopic (exact) mass is 296 g/mol. The van der Waals surface area contributed by atoms with Gasteiger partial charge in [-0.1, -0.05) is 47.5 Å². The van der Waals surface area contributed by atoms with E-state index in [1.165, 1.54) is 0 Å². The van der Waals surface area contributed by atoms with E-state index >= 15 is 0 Å². The van der Waals surface area contributed by atoms with Gasteiger partial charge in [-0.05, 0) is 23.2 Å². The number of rotatable bonds is 4. The molecule has 0 unspecified atom stereocenters. The number of benzene rings is 2. The van der Waals surface area contributed by atoms with Gasteiger partial charge in [0.2, 0.25) is 0 Å². The normalized spacial score (nSPS) is 10.3. The van der Waals surface area contributed by atoms with Crippen LogP contribution in [0.3, 0.4) is 0 Å². The summed E-state index contributed by atoms with van der Waals surface area (Å²) in [5, 5.41) is 18.9. The first-order chi connectivity index (χ1) is 9.06. The minimum Gasteiger partial charge on any atom is -0.489 e. The summed E-state index contributed by atoms with van der Waals surface area (Å²) in [6.45, 7) is 0.361. The minimum atomic E-state index is -1.45. The lowest BCUT2D eigenvalue weighted by Crippen LogP contribution is -2.29. The Hall–Kier alpha value is -1.20. The second-order valence-corrected chi connectivity index (χ2v) is 4.79. The minimum absolute atomic E-state index is 0.361. The molecule has 0 aromatic heterocycles. The standard InChI is InChI=1S/C13H11BCl2O3/c15-12-6-5-11(7-13(12)16)19-8-9-1-3-10(4-2-9)14(17)18/h1-7,17-18H,8H2. The van der Waals surface area contributed by atoms with Crippen molar-refractivity contribution in [2.75, 3.05) is 0 Å². The Kier molecular flexibility index (Phi) is 4.72. The van der Waals surface area contributed by atoms with Crippen LogP contribution in [0.1, 0.15) is 5.56 Å². The van der Waals surface area contributed by atoms with Crippen molar-refractivity contribution in [1.82, 2.24) is 0 Å². The smallest absolute Gasteiger partial charge is 0.488 e. The van der Waals surface area contributed by atoms with Crippen molar-refractivity contribution >= 4 is 35.8 Å². The maximum Gasteiger partial charge on any atom is 0.488 e. The van der Waals surface area contributed by atoms with Crippen molar-refractivity contribution in [2.45, 2.75) is 6.61 Å². The van der Waals surface area contributed by atoms with Crippen LogP contribution in [0.2, 0.25) is 10.0 Å². The van der Waals surface area contributed by atoms with Crippen molar-refractivity contribution in [3.8, 4) is 5.75 Å². The van der Waals surface area contributed by atoms with E-state index in [-0.39, 0.29) is 0 Å². The first-order valence-electron chi connectivity index (χ1n) is 5.59. The first kappa shape index (κ1) is 14.2. The molecule has 0 fully saturated rings. The second kappa shape index (κ2) is 6.30. The van der Waals surface area contributed by atoms with E-state index < -0.39 is 7.12 Å². The number of ether oxygens (including phenoxy) is 1. The molecule has 0 aliphatic rings. The Morgan fingerprint density at radius 3 is 2.21 bits per heavy atom. The first-order valence-corrected chi connectivity index (χ1v) is 6.34. The maximum atomic E-state index is 8.98. The largest absolute Gasteiger partial charge is 0.489 e. The van der Waals surface area contributed by atoms with Crippen LogP contribution in [0.25, 0.3) is 0 Å². The van der Waals surface area contributed by atoms with Crippen LogP contribution < -0.4 is 10.2 Å². The molecule has 0 saturated heterocycles. The summed E-state index contributed by atoms with van der Waals surface area (Å²) in [5.41, 5.74) is 1.36. The highest BCUT2D eigenvalue weighted by Gasteiger charge is 2.09. The molecular formula is C13H11BCl2O3. The molecular weight excluding hydrogens is 286 g/mol. The van der Waals surface area contributed by atoms with Gasteiger partial charge < -0.3 is 14.8 Å². The fourth-order valence-electron chi connectivity index (χ4n) is 1.52. The summed E-state index contributed by atoms with van der Waals surface area (Å²) in [6, 6.07) is 11.9. The lowest BCUT2D eigenvalue weighted by Gasteiger charge is -2.08. The second-order valence-electron chi connectivity index (χ2n) is 3.98. The molecule has 0 amide bonds. The fourth-order valence-corrected chi connectivity index (χ4v) is 1.81. The third kappa shape index (κ3) is 3.88. The molecule has 0 saturated carbocycles. The van der Waals surface area contributed by atoms with Crippen molar-refractivity contribution in [3.05, 3.63) is 58.1 Å². The Morgan fingerprint density at radius 1 is 0.947 bits per heavy atom. The molecule has 0 bridgehead atoms. The summed E-state index contributed by atoms with van der Waals surface area (Å²) in [7, 11) is -1.45. The van der Waals surface area contributed by atoms with Crippen molar-refractivity contribution in [2.24, 2.45) is 0 Å². The van der Waals surface area contributed by atoms with E-state index in [0.29, 0.717) is 27.9 Å². The van der Waals surface area contributed by atoms with Crippen LogP contribution in [-0.4, -0.2) is 17.2 Å². The van der Waals surface area contributed by atoms with Gasteiger partial charge in [0.25, 0.3) is 0 Å². The summed E-state index contributed by atoms with van der Waals surface area (Å²) >= 11 is 11.7. The van der Waals surface area contributed by atoms with E-state index in [4.69, 9.17) is 38.0 Å². The summed E-state index contributed by atoms with van der Waals surface area (Å²) in [6.07, 6.45) is 0. The average Bonchev–Trinajstić information content (AvgIpc) is 2.40. The highest BCUT2D eigenvalue weighted by atomic mass is 35.5. The third-order valence-corrected chi connectivity index (χ3v) is 3.31. The number of halogens is 2. The maximum absolute atomic E-state index is 8.98. The van der Waals surface area contributed by atoms with Crippen molar-refractivity contribution in [1.29, 1.82) is 0 Å². The molecule has 0 aliphatic carbocycles. The molecule has 0 aliphatic heterocycles. The molecule has 98 valence electrons. The molecule has 6 heteroatoms. The van der Waals surface area contributed by atoms with E-state index in [9.17, 15) is 0 Å². The Morgan fingerprint density at radius 2 is 1.63 bits per heavy atom. The zero-order valence-corrected chi connectivity index (χ0v) is 11.4. The summed E-state index contributed by atoms with van der Waals surface area (Å²) in [4.78, 5) is 0. The van der Waals surface area contributed by atoms with Crippen LogP contribution in [0, 0.1) is 0 Å². The van der Waals surface area contributed by atoms with E-state index in [0.717, 1.165) is 5.56 Å². The topological polar surface area (TPSA) is 49.7 Å². The predicted octanol–water partition coefficient (Wildman–Crippen LogP) is 2.25. The van der Waals surface area contributed by atoms with Gasteiger partial charge in [0.15, 0.2) is 0 Å². The zero-order chi connectivity index (χ0) is 13.8. The molecule has 2 aromatic rings. The molecule has 2 aromatic carbocycles. The van der Waals surface area contributed by atoms with Crippen LogP contribution >= 0.6 is 23.2 Å². The van der Waals surface area contributed by atoms with E-state index in [1.807, 2.05) is 0 Å². The molecule has 0 radical (unpaired) electrons. The predicted molar refractivity (Wildman–Crippen MR) is 77.1 cm³/mol. The van der Waals surface area contributed by atoms with Crippen LogP contribution in [0.5, 0.6) is 5.75 Å². The third-order valence-electron chi connectivity index (χ3n) is 2.57. The molecule has 0 spiro atoms. The molecule has 19 heavy (non-hydrogen) atoms. The lowest BCUT2D eigenvalue weighted by atomic mass is 9.80. The number of hydrogen-bond donors (Lipinski definition) is 2. The van der Waals surface area contributed by atoms with Crippen LogP contribution in [0.15, 0.2) is 42.5 Å². The van der Waals surface area contributed by atoms with Crippen molar-refractivity contribution in [3.63, 3.8) is 0 Å². The lowest BCUT2D eigenvalue weighted by molar-refractivity contribution is 0.306. The van der Waals surface area contributed by atoms with Gasteiger partial charge in [-0.25, -0.2) is 0 Å². The Labute approximate surface area is 121 Å². The molecule has 3 nitrogen and oxygen atoms in total. The highest BCUT2D eigenvalue weighted by molar-refractivity contribution is 6.58. The molecule has 2 rings (SSSR count). The SMILES string of the molecule is OB(O)c1ccc(COc2ccc(Cl)c(Cl)c2)cc1. The molecule has 0 heterocycles. The van der Waals surface area contributed by atoms with Gasteiger partial charge in [-0.3, -0.25) is 0 Å². The average molecular weight is 297 g/mol. The molecule has 2 N–H and O–H groups in total. The fraction of sp³-hybridized carbons (Fsp3) is 0.0769. The van der Waals surface area contributed by atoms with Gasteiger partial charge in [0, 0.05) is 6.07 Å².